The van der Waals surface area contributed by atoms with Gasteiger partial charge in [-0.15, -0.1) is 0 Å². The summed E-state index contributed by atoms with van der Waals surface area (Å²) in [6.45, 7) is 0.415. The molecule has 1 N–H and O–H groups in total. The Morgan fingerprint density at radius 3 is 2.43 bits per heavy atom. The quantitative estimate of drug-likeness (QED) is 0.834. The average molecular weight is 334 g/mol. The molecule has 0 heterocycles. The van der Waals surface area contributed by atoms with E-state index in [0.29, 0.717) is 6.54 Å². The zero-order chi connectivity index (χ0) is 17.5. The van der Waals surface area contributed by atoms with E-state index >= 15 is 0 Å². The Morgan fingerprint density at radius 2 is 1.91 bits per heavy atom. The van der Waals surface area contributed by atoms with Crippen molar-refractivity contribution in [2.75, 3.05) is 27.4 Å². The van der Waals surface area contributed by atoms with Crippen molar-refractivity contribution in [1.29, 1.82) is 0 Å². The number of rotatable bonds is 7. The van der Waals surface area contributed by atoms with Gasteiger partial charge in [-0.1, -0.05) is 12.1 Å². The van der Waals surface area contributed by atoms with Gasteiger partial charge in [0, 0.05) is 13.6 Å². The number of nitrogens with zero attached hydrogens (tertiary/aromatic N) is 1. The van der Waals surface area contributed by atoms with Gasteiger partial charge in [0.05, 0.1) is 19.8 Å². The minimum absolute atomic E-state index is 0.207. The van der Waals surface area contributed by atoms with Crippen LogP contribution in [0.1, 0.15) is 12.5 Å². The molecule has 130 valence electrons. The van der Waals surface area contributed by atoms with Gasteiger partial charge in [-0.25, -0.2) is 4.79 Å². The van der Waals surface area contributed by atoms with Crippen LogP contribution in [0, 0.1) is 0 Å². The molecule has 5 nitrogen and oxygen atoms in total. The molecule has 8 heteroatoms. The number of halogens is 3. The van der Waals surface area contributed by atoms with Crippen LogP contribution < -0.4 is 10.1 Å². The maximum Gasteiger partial charge on any atom is 0.411 e. The highest BCUT2D eigenvalue weighted by molar-refractivity contribution is 5.74. The van der Waals surface area contributed by atoms with E-state index in [1.54, 1.807) is 33.2 Å². The van der Waals surface area contributed by atoms with Crippen LogP contribution in [0.3, 0.4) is 0 Å². The highest BCUT2D eigenvalue weighted by Gasteiger charge is 2.27. The molecule has 0 saturated heterocycles. The Labute approximate surface area is 133 Å². The number of nitrogens with one attached hydrogen (secondary N) is 1. The Hall–Kier alpha value is -1.96. The SMILES string of the molecule is COc1ccc(CN(C)C(=O)NC(C)COCC(F)(F)F)cc1. The van der Waals surface area contributed by atoms with Crippen LogP contribution in [0.15, 0.2) is 24.3 Å². The first-order valence-corrected chi connectivity index (χ1v) is 7.00. The zero-order valence-electron chi connectivity index (χ0n) is 13.3. The van der Waals surface area contributed by atoms with Crippen molar-refractivity contribution >= 4 is 6.03 Å². The predicted molar refractivity (Wildman–Crippen MR) is 79.3 cm³/mol. The third-order valence-electron chi connectivity index (χ3n) is 2.93. The fourth-order valence-electron chi connectivity index (χ4n) is 1.79. The molecule has 1 rings (SSSR count). The fourth-order valence-corrected chi connectivity index (χ4v) is 1.79. The number of hydrogen-bond donors (Lipinski definition) is 1. The minimum Gasteiger partial charge on any atom is -0.497 e. The van der Waals surface area contributed by atoms with Crippen molar-refractivity contribution in [3.05, 3.63) is 29.8 Å². The number of carbonyl (C=O) groups is 1. The largest absolute Gasteiger partial charge is 0.497 e. The van der Waals surface area contributed by atoms with E-state index in [0.717, 1.165) is 11.3 Å². The van der Waals surface area contributed by atoms with Crippen molar-refractivity contribution in [3.8, 4) is 5.75 Å². The van der Waals surface area contributed by atoms with Gasteiger partial charge in [-0.3, -0.25) is 0 Å². The van der Waals surface area contributed by atoms with Crippen LogP contribution in [-0.2, 0) is 11.3 Å². The van der Waals surface area contributed by atoms with Gasteiger partial charge in [0.1, 0.15) is 12.4 Å². The number of alkyl halides is 3. The summed E-state index contributed by atoms with van der Waals surface area (Å²) >= 11 is 0. The second kappa shape index (κ2) is 8.61. The smallest absolute Gasteiger partial charge is 0.411 e. The van der Waals surface area contributed by atoms with Crippen molar-refractivity contribution in [2.45, 2.75) is 25.7 Å². The molecule has 0 aliphatic rings. The van der Waals surface area contributed by atoms with E-state index in [9.17, 15) is 18.0 Å². The molecule has 23 heavy (non-hydrogen) atoms. The van der Waals surface area contributed by atoms with Gasteiger partial charge in [-0.05, 0) is 24.6 Å². The molecule has 0 radical (unpaired) electrons. The highest BCUT2D eigenvalue weighted by atomic mass is 19.4. The third kappa shape index (κ3) is 7.73. The summed E-state index contributed by atoms with van der Waals surface area (Å²) in [4.78, 5) is 13.4. The molecule has 1 unspecified atom stereocenters. The molecule has 0 spiro atoms. The van der Waals surface area contributed by atoms with Crippen LogP contribution in [0.2, 0.25) is 0 Å². The Balaban J connectivity index is 2.37. The summed E-state index contributed by atoms with van der Waals surface area (Å²) in [6.07, 6.45) is -4.37. The first-order chi connectivity index (χ1) is 10.7. The lowest BCUT2D eigenvalue weighted by Gasteiger charge is -2.21. The number of hydrogen-bond acceptors (Lipinski definition) is 3. The van der Waals surface area contributed by atoms with E-state index in [1.807, 2.05) is 12.1 Å². The standard InChI is InChI=1S/C15H21F3N2O3/c1-11(9-23-10-15(16,17)18)19-14(21)20(2)8-12-4-6-13(22-3)7-5-12/h4-7,11H,8-10H2,1-3H3,(H,19,21). The average Bonchev–Trinajstić information content (AvgIpc) is 2.46. The first kappa shape index (κ1) is 19.1. The molecule has 0 aliphatic heterocycles. The number of urea groups is 1. The molecule has 2 amide bonds. The van der Waals surface area contributed by atoms with Crippen LogP contribution in [-0.4, -0.2) is 50.5 Å². The lowest BCUT2D eigenvalue weighted by molar-refractivity contribution is -0.174. The summed E-state index contributed by atoms with van der Waals surface area (Å²) in [6, 6.07) is 6.33. The minimum atomic E-state index is -4.37. The number of benzene rings is 1. The molecule has 1 aromatic rings. The summed E-state index contributed by atoms with van der Waals surface area (Å²) in [5.74, 6) is 0.719. The van der Waals surface area contributed by atoms with Gasteiger partial charge < -0.3 is 19.7 Å². The van der Waals surface area contributed by atoms with Gasteiger partial charge in [0.2, 0.25) is 0 Å². The topological polar surface area (TPSA) is 50.8 Å². The Morgan fingerprint density at radius 1 is 1.30 bits per heavy atom. The summed E-state index contributed by atoms with van der Waals surface area (Å²) in [5.41, 5.74) is 0.907. The van der Waals surface area contributed by atoms with Crippen molar-refractivity contribution < 1.29 is 27.4 Å². The summed E-state index contributed by atoms with van der Waals surface area (Å²) in [7, 11) is 3.17. The highest BCUT2D eigenvalue weighted by Crippen LogP contribution is 2.14. The molecule has 0 saturated carbocycles. The lowest BCUT2D eigenvalue weighted by atomic mass is 10.2. The second-order valence-corrected chi connectivity index (χ2v) is 5.18. The van der Waals surface area contributed by atoms with Gasteiger partial charge in [0.15, 0.2) is 0 Å². The molecular weight excluding hydrogens is 313 g/mol. The normalized spacial score (nSPS) is 12.6. The Bertz CT molecular complexity index is 492. The zero-order valence-corrected chi connectivity index (χ0v) is 13.3. The maximum atomic E-state index is 12.0. The fraction of sp³-hybridized carbons (Fsp3) is 0.533. The number of methoxy groups -OCH3 is 1. The van der Waals surface area contributed by atoms with E-state index < -0.39 is 18.8 Å². The van der Waals surface area contributed by atoms with Crippen LogP contribution in [0.25, 0.3) is 0 Å². The monoisotopic (exact) mass is 334 g/mol. The Kier molecular flexibility index (Phi) is 7.15. The second-order valence-electron chi connectivity index (χ2n) is 5.18. The lowest BCUT2D eigenvalue weighted by Crippen LogP contribution is -2.43. The summed E-state index contributed by atoms with van der Waals surface area (Å²) < 4.78 is 45.5. The van der Waals surface area contributed by atoms with E-state index in [1.165, 1.54) is 4.90 Å². The van der Waals surface area contributed by atoms with Crippen molar-refractivity contribution in [1.82, 2.24) is 10.2 Å². The summed E-state index contributed by atoms with van der Waals surface area (Å²) in [5, 5.41) is 2.58. The molecule has 0 aliphatic carbocycles. The number of carbonyl (C=O) groups excluding carboxylic acids is 1. The van der Waals surface area contributed by atoms with Gasteiger partial charge >= 0.3 is 12.2 Å². The predicted octanol–water partition coefficient (Wildman–Crippen LogP) is 2.80. The van der Waals surface area contributed by atoms with E-state index in [2.05, 4.69) is 10.1 Å². The van der Waals surface area contributed by atoms with Crippen LogP contribution >= 0.6 is 0 Å². The van der Waals surface area contributed by atoms with Crippen LogP contribution in [0.5, 0.6) is 5.75 Å². The van der Waals surface area contributed by atoms with Crippen LogP contribution in [0.4, 0.5) is 18.0 Å². The van der Waals surface area contributed by atoms with E-state index in [-0.39, 0.29) is 12.6 Å². The third-order valence-corrected chi connectivity index (χ3v) is 2.93. The molecule has 0 bridgehead atoms. The number of amides is 2. The molecule has 0 fully saturated rings. The molecule has 1 aromatic carbocycles. The maximum absolute atomic E-state index is 12.0. The van der Waals surface area contributed by atoms with Crippen molar-refractivity contribution in [2.24, 2.45) is 0 Å². The first-order valence-electron chi connectivity index (χ1n) is 7.00. The van der Waals surface area contributed by atoms with Gasteiger partial charge in [0.25, 0.3) is 0 Å². The number of ether oxygens (including phenoxy) is 2. The molecule has 1 atom stereocenters. The molecule has 0 aromatic heterocycles. The van der Waals surface area contributed by atoms with Gasteiger partial charge in [-0.2, -0.15) is 13.2 Å². The molecular formula is C15H21F3N2O3. The van der Waals surface area contributed by atoms with Crippen molar-refractivity contribution in [3.63, 3.8) is 0 Å². The van der Waals surface area contributed by atoms with E-state index in [4.69, 9.17) is 4.74 Å².